The molecule has 2 aromatic carbocycles. The molecule has 0 saturated heterocycles. The Morgan fingerprint density at radius 2 is 2.00 bits per heavy atom. The number of anilines is 1. The Kier molecular flexibility index (Phi) is 4.42. The fourth-order valence-electron chi connectivity index (χ4n) is 3.01. The molecule has 1 aliphatic carbocycles. The van der Waals surface area contributed by atoms with Crippen molar-refractivity contribution in [3.8, 4) is 0 Å². The summed E-state index contributed by atoms with van der Waals surface area (Å²) in [6.07, 6.45) is 4.55. The number of fused-ring (bicyclic) bond motifs is 1. The number of nitrogens with zero attached hydrogens (tertiary/aromatic N) is 1. The van der Waals surface area contributed by atoms with Crippen molar-refractivity contribution in [2.75, 3.05) is 11.9 Å². The van der Waals surface area contributed by atoms with Crippen LogP contribution in [0.3, 0.4) is 0 Å². The van der Waals surface area contributed by atoms with Gasteiger partial charge in [-0.3, -0.25) is 4.99 Å². The highest BCUT2D eigenvalue weighted by Gasteiger charge is 2.10. The number of aliphatic imine (C=N–C) groups is 1. The molecule has 0 spiro atoms. The molecule has 0 fully saturated rings. The van der Waals surface area contributed by atoms with Crippen LogP contribution >= 0.6 is 0 Å². The van der Waals surface area contributed by atoms with Gasteiger partial charge in [-0.1, -0.05) is 35.9 Å². The number of rotatable bonds is 4. The van der Waals surface area contributed by atoms with Gasteiger partial charge in [0, 0.05) is 12.2 Å². The topological polar surface area (TPSA) is 50.4 Å². The maximum absolute atomic E-state index is 5.98. The number of nitrogens with two attached hydrogens (primary N) is 1. The predicted molar refractivity (Wildman–Crippen MR) is 93.5 cm³/mol. The highest BCUT2D eigenvalue weighted by atomic mass is 15.1. The van der Waals surface area contributed by atoms with E-state index in [4.69, 9.17) is 5.73 Å². The summed E-state index contributed by atoms with van der Waals surface area (Å²) in [6, 6.07) is 15.0. The number of aryl methyl sites for hydroxylation is 3. The first-order valence-electron chi connectivity index (χ1n) is 7.95. The number of hydrogen-bond donors (Lipinski definition) is 2. The van der Waals surface area contributed by atoms with Crippen LogP contribution in [0.15, 0.2) is 47.5 Å². The molecule has 114 valence electrons. The molecule has 1 aliphatic rings. The summed E-state index contributed by atoms with van der Waals surface area (Å²) in [5, 5.41) is 3.20. The van der Waals surface area contributed by atoms with Crippen molar-refractivity contribution in [3.63, 3.8) is 0 Å². The normalized spacial score (nSPS) is 14.0. The molecule has 3 heteroatoms. The van der Waals surface area contributed by atoms with Crippen LogP contribution in [0.1, 0.15) is 28.7 Å². The van der Waals surface area contributed by atoms with Crippen molar-refractivity contribution in [2.24, 2.45) is 10.7 Å². The average Bonchev–Trinajstić information content (AvgIpc) is 2.95. The number of guanidine groups is 1. The third-order valence-electron chi connectivity index (χ3n) is 4.14. The van der Waals surface area contributed by atoms with Crippen molar-refractivity contribution in [2.45, 2.75) is 32.6 Å². The number of benzene rings is 2. The van der Waals surface area contributed by atoms with E-state index in [1.807, 2.05) is 0 Å². The van der Waals surface area contributed by atoms with Gasteiger partial charge in [0.05, 0.1) is 0 Å². The van der Waals surface area contributed by atoms with Crippen LogP contribution in [0.25, 0.3) is 0 Å². The molecule has 0 bridgehead atoms. The number of nitrogens with one attached hydrogen (secondary N) is 1. The van der Waals surface area contributed by atoms with Gasteiger partial charge in [0.25, 0.3) is 0 Å². The Balaban J connectivity index is 1.56. The van der Waals surface area contributed by atoms with Crippen LogP contribution in [0.2, 0.25) is 0 Å². The van der Waals surface area contributed by atoms with E-state index in [0.717, 1.165) is 12.1 Å². The minimum Gasteiger partial charge on any atom is -0.370 e. The van der Waals surface area contributed by atoms with E-state index in [0.29, 0.717) is 12.5 Å². The van der Waals surface area contributed by atoms with E-state index < -0.39 is 0 Å². The van der Waals surface area contributed by atoms with Crippen molar-refractivity contribution in [3.05, 3.63) is 64.7 Å². The molecular formula is C19H23N3. The summed E-state index contributed by atoms with van der Waals surface area (Å²) >= 11 is 0. The van der Waals surface area contributed by atoms with E-state index in [9.17, 15) is 0 Å². The van der Waals surface area contributed by atoms with E-state index in [2.05, 4.69) is 59.7 Å². The summed E-state index contributed by atoms with van der Waals surface area (Å²) in [4.78, 5) is 4.42. The summed E-state index contributed by atoms with van der Waals surface area (Å²) in [5.41, 5.74) is 12.5. The van der Waals surface area contributed by atoms with Crippen LogP contribution in [0.4, 0.5) is 5.69 Å². The van der Waals surface area contributed by atoms with E-state index >= 15 is 0 Å². The standard InChI is InChI=1S/C19H23N3/c1-14-4-2-5-15(12-14)10-11-21-19(20)22-18-9-8-16-6-3-7-17(16)13-18/h2,4-5,8-9,12-13H,3,6-7,10-11H2,1H3,(H3,20,21,22). The average molecular weight is 293 g/mol. The van der Waals surface area contributed by atoms with E-state index in [-0.39, 0.29) is 0 Å². The lowest BCUT2D eigenvalue weighted by atomic mass is 10.1. The lowest BCUT2D eigenvalue weighted by Crippen LogP contribution is -2.23. The van der Waals surface area contributed by atoms with Gasteiger partial charge in [0.2, 0.25) is 0 Å². The zero-order valence-electron chi connectivity index (χ0n) is 13.1. The van der Waals surface area contributed by atoms with Gasteiger partial charge < -0.3 is 11.1 Å². The molecule has 2 aromatic rings. The maximum atomic E-state index is 5.98. The molecular weight excluding hydrogens is 270 g/mol. The molecule has 22 heavy (non-hydrogen) atoms. The second-order valence-corrected chi connectivity index (χ2v) is 5.97. The van der Waals surface area contributed by atoms with Gasteiger partial charge in [-0.05, 0) is 61.4 Å². The summed E-state index contributed by atoms with van der Waals surface area (Å²) in [7, 11) is 0. The SMILES string of the molecule is Cc1cccc(CCN=C(N)Nc2ccc3c(c2)CCC3)c1. The first-order chi connectivity index (χ1) is 10.7. The van der Waals surface area contributed by atoms with Gasteiger partial charge in [-0.2, -0.15) is 0 Å². The second-order valence-electron chi connectivity index (χ2n) is 5.97. The first kappa shape index (κ1) is 14.6. The lowest BCUT2D eigenvalue weighted by Gasteiger charge is -2.08. The fourth-order valence-corrected chi connectivity index (χ4v) is 3.01. The minimum atomic E-state index is 0.491. The summed E-state index contributed by atoms with van der Waals surface area (Å²) in [5.74, 6) is 0.491. The predicted octanol–water partition coefficient (Wildman–Crippen LogP) is 3.45. The van der Waals surface area contributed by atoms with E-state index in [1.165, 1.54) is 41.5 Å². The Hall–Kier alpha value is -2.29. The highest BCUT2D eigenvalue weighted by Crippen LogP contribution is 2.24. The van der Waals surface area contributed by atoms with Crippen molar-refractivity contribution in [1.29, 1.82) is 0 Å². The maximum Gasteiger partial charge on any atom is 0.193 e. The van der Waals surface area contributed by atoms with Crippen LogP contribution in [-0.2, 0) is 19.3 Å². The summed E-state index contributed by atoms with van der Waals surface area (Å²) < 4.78 is 0. The van der Waals surface area contributed by atoms with Crippen molar-refractivity contribution in [1.82, 2.24) is 0 Å². The molecule has 0 unspecified atom stereocenters. The minimum absolute atomic E-state index is 0.491. The van der Waals surface area contributed by atoms with Crippen LogP contribution in [0.5, 0.6) is 0 Å². The van der Waals surface area contributed by atoms with Crippen LogP contribution in [0, 0.1) is 6.92 Å². The molecule has 0 aromatic heterocycles. The van der Waals surface area contributed by atoms with Crippen LogP contribution in [-0.4, -0.2) is 12.5 Å². The Bertz CT molecular complexity index is 689. The lowest BCUT2D eigenvalue weighted by molar-refractivity contribution is 0.912. The first-order valence-corrected chi connectivity index (χ1v) is 7.95. The zero-order valence-corrected chi connectivity index (χ0v) is 13.1. The van der Waals surface area contributed by atoms with Gasteiger partial charge in [0.15, 0.2) is 5.96 Å². The second kappa shape index (κ2) is 6.65. The summed E-state index contributed by atoms with van der Waals surface area (Å²) in [6.45, 7) is 2.81. The quantitative estimate of drug-likeness (QED) is 0.670. The number of hydrogen-bond acceptors (Lipinski definition) is 1. The third-order valence-corrected chi connectivity index (χ3v) is 4.14. The molecule has 0 heterocycles. The molecule has 0 saturated carbocycles. The molecule has 0 aliphatic heterocycles. The smallest absolute Gasteiger partial charge is 0.193 e. The van der Waals surface area contributed by atoms with Gasteiger partial charge in [-0.15, -0.1) is 0 Å². The zero-order chi connectivity index (χ0) is 15.4. The van der Waals surface area contributed by atoms with Crippen LogP contribution < -0.4 is 11.1 Å². The van der Waals surface area contributed by atoms with E-state index in [1.54, 1.807) is 0 Å². The molecule has 0 radical (unpaired) electrons. The van der Waals surface area contributed by atoms with Gasteiger partial charge >= 0.3 is 0 Å². The Morgan fingerprint density at radius 1 is 1.14 bits per heavy atom. The molecule has 3 N–H and O–H groups in total. The monoisotopic (exact) mass is 293 g/mol. The molecule has 0 atom stereocenters. The Morgan fingerprint density at radius 3 is 2.86 bits per heavy atom. The molecule has 0 amide bonds. The largest absolute Gasteiger partial charge is 0.370 e. The Labute approximate surface area is 132 Å². The van der Waals surface area contributed by atoms with Gasteiger partial charge in [0.1, 0.15) is 0 Å². The van der Waals surface area contributed by atoms with Gasteiger partial charge in [-0.25, -0.2) is 0 Å². The molecule has 3 nitrogen and oxygen atoms in total. The highest BCUT2D eigenvalue weighted by molar-refractivity contribution is 5.92. The fraction of sp³-hybridized carbons (Fsp3) is 0.316. The third kappa shape index (κ3) is 3.67. The van der Waals surface area contributed by atoms with Crippen molar-refractivity contribution < 1.29 is 0 Å². The van der Waals surface area contributed by atoms with Crippen molar-refractivity contribution >= 4 is 11.6 Å². The molecule has 3 rings (SSSR count).